The summed E-state index contributed by atoms with van der Waals surface area (Å²) in [6, 6.07) is 1.35. The molecule has 0 aliphatic carbocycles. The molecule has 0 saturated carbocycles. The predicted molar refractivity (Wildman–Crippen MR) is 78.2 cm³/mol. The Hall–Kier alpha value is -1.98. The fourth-order valence-electron chi connectivity index (χ4n) is 1.91. The number of rotatable bonds is 6. The highest BCUT2D eigenvalue weighted by molar-refractivity contribution is 5.99. The number of carboxylic acids is 1. The zero-order valence-electron chi connectivity index (χ0n) is 12.5. The summed E-state index contributed by atoms with van der Waals surface area (Å²) in [7, 11) is 0. The lowest BCUT2D eigenvalue weighted by Gasteiger charge is -2.24. The van der Waals surface area contributed by atoms with Gasteiger partial charge in [-0.3, -0.25) is 0 Å². The van der Waals surface area contributed by atoms with Crippen LogP contribution in [0.4, 0.5) is 10.5 Å². The lowest BCUT2D eigenvalue weighted by atomic mass is 10.1. The van der Waals surface area contributed by atoms with Crippen molar-refractivity contribution < 1.29 is 14.7 Å². The van der Waals surface area contributed by atoms with Gasteiger partial charge >= 0.3 is 12.0 Å². The van der Waals surface area contributed by atoms with E-state index in [2.05, 4.69) is 24.1 Å². The summed E-state index contributed by atoms with van der Waals surface area (Å²) >= 11 is 0. The van der Waals surface area contributed by atoms with Crippen molar-refractivity contribution in [3.05, 3.63) is 17.5 Å². The van der Waals surface area contributed by atoms with Crippen LogP contribution in [0.2, 0.25) is 0 Å². The van der Waals surface area contributed by atoms with Crippen LogP contribution in [-0.2, 0) is 0 Å². The van der Waals surface area contributed by atoms with Crippen LogP contribution in [0.3, 0.4) is 0 Å². The number of aromatic amines is 1. The molecule has 0 aliphatic rings. The number of carbonyl (C=O) groups is 2. The molecule has 0 spiro atoms. The fourth-order valence-corrected chi connectivity index (χ4v) is 1.91. The predicted octanol–water partition coefficient (Wildman–Crippen LogP) is 2.92. The fraction of sp³-hybridized carbons (Fsp3) is 0.571. The van der Waals surface area contributed by atoms with Gasteiger partial charge in [-0.25, -0.2) is 9.59 Å². The topological polar surface area (TPSA) is 85.4 Å². The molecule has 6 heteroatoms. The largest absolute Gasteiger partial charge is 0.477 e. The third-order valence-corrected chi connectivity index (χ3v) is 3.31. The van der Waals surface area contributed by atoms with Crippen molar-refractivity contribution in [2.45, 2.75) is 34.1 Å². The summed E-state index contributed by atoms with van der Waals surface area (Å²) in [6.45, 7) is 9.06. The normalized spacial score (nSPS) is 12.0. The standard InChI is InChI=1S/C14H23N3O3/c1-5-9(3)8-17(6-2)14(20)16-11-7-10(4)15-12(11)13(18)19/h7,9,15H,5-6,8H2,1-4H3,(H,16,20)(H,18,19). The van der Waals surface area contributed by atoms with E-state index in [1.54, 1.807) is 17.9 Å². The molecule has 2 amide bonds. The van der Waals surface area contributed by atoms with E-state index in [9.17, 15) is 9.59 Å². The first-order valence-electron chi connectivity index (χ1n) is 6.87. The molecular weight excluding hydrogens is 258 g/mol. The van der Waals surface area contributed by atoms with Crippen LogP contribution in [0.5, 0.6) is 0 Å². The second kappa shape index (κ2) is 6.98. The molecule has 0 aliphatic heterocycles. The van der Waals surface area contributed by atoms with E-state index in [1.165, 1.54) is 0 Å². The average Bonchev–Trinajstić information content (AvgIpc) is 2.76. The van der Waals surface area contributed by atoms with Gasteiger partial charge < -0.3 is 20.3 Å². The highest BCUT2D eigenvalue weighted by Crippen LogP contribution is 2.17. The average molecular weight is 281 g/mol. The summed E-state index contributed by atoms with van der Waals surface area (Å²) in [4.78, 5) is 27.7. The SMILES string of the molecule is CCC(C)CN(CC)C(=O)Nc1cc(C)[nH]c1C(=O)O. The Morgan fingerprint density at radius 2 is 2.10 bits per heavy atom. The smallest absolute Gasteiger partial charge is 0.354 e. The zero-order valence-corrected chi connectivity index (χ0v) is 12.5. The summed E-state index contributed by atoms with van der Waals surface area (Å²) in [5, 5.41) is 11.7. The Labute approximate surface area is 119 Å². The molecule has 6 nitrogen and oxygen atoms in total. The number of nitrogens with one attached hydrogen (secondary N) is 2. The molecule has 112 valence electrons. The van der Waals surface area contributed by atoms with Crippen LogP contribution in [0.1, 0.15) is 43.4 Å². The molecule has 1 aromatic rings. The van der Waals surface area contributed by atoms with Crippen molar-refractivity contribution in [2.24, 2.45) is 5.92 Å². The molecule has 1 rings (SSSR count). The van der Waals surface area contributed by atoms with Gasteiger partial charge in [-0.2, -0.15) is 0 Å². The molecule has 0 bridgehead atoms. The van der Waals surface area contributed by atoms with Crippen LogP contribution in [0, 0.1) is 12.8 Å². The number of carbonyl (C=O) groups excluding carboxylic acids is 1. The third-order valence-electron chi connectivity index (χ3n) is 3.31. The lowest BCUT2D eigenvalue weighted by molar-refractivity contribution is 0.0692. The lowest BCUT2D eigenvalue weighted by Crippen LogP contribution is -2.38. The van der Waals surface area contributed by atoms with Gasteiger partial charge in [0.05, 0.1) is 5.69 Å². The van der Waals surface area contributed by atoms with Crippen LogP contribution in [0.25, 0.3) is 0 Å². The van der Waals surface area contributed by atoms with Gasteiger partial charge in [0.15, 0.2) is 0 Å². The van der Waals surface area contributed by atoms with Crippen molar-refractivity contribution in [1.82, 2.24) is 9.88 Å². The van der Waals surface area contributed by atoms with Crippen molar-refractivity contribution in [1.29, 1.82) is 0 Å². The molecule has 1 aromatic heterocycles. The summed E-state index contributed by atoms with van der Waals surface area (Å²) < 4.78 is 0. The van der Waals surface area contributed by atoms with Crippen LogP contribution in [0.15, 0.2) is 6.07 Å². The van der Waals surface area contributed by atoms with Gasteiger partial charge in [0.1, 0.15) is 5.69 Å². The molecular formula is C14H23N3O3. The number of aromatic nitrogens is 1. The van der Waals surface area contributed by atoms with Gasteiger partial charge in [-0.05, 0) is 25.8 Å². The van der Waals surface area contributed by atoms with E-state index in [-0.39, 0.29) is 11.7 Å². The molecule has 3 N–H and O–H groups in total. The number of amides is 2. The van der Waals surface area contributed by atoms with Gasteiger partial charge in [0, 0.05) is 18.8 Å². The number of hydrogen-bond acceptors (Lipinski definition) is 2. The van der Waals surface area contributed by atoms with E-state index >= 15 is 0 Å². The number of aryl methyl sites for hydroxylation is 1. The first-order chi connectivity index (χ1) is 9.38. The van der Waals surface area contributed by atoms with Crippen LogP contribution < -0.4 is 5.32 Å². The Kier molecular flexibility index (Phi) is 5.61. The highest BCUT2D eigenvalue weighted by Gasteiger charge is 2.19. The van der Waals surface area contributed by atoms with Crippen molar-refractivity contribution in [2.75, 3.05) is 18.4 Å². The maximum atomic E-state index is 12.2. The first kappa shape index (κ1) is 16.1. The maximum absolute atomic E-state index is 12.2. The van der Waals surface area contributed by atoms with Gasteiger partial charge in [0.25, 0.3) is 0 Å². The maximum Gasteiger partial charge on any atom is 0.354 e. The van der Waals surface area contributed by atoms with E-state index in [1.807, 2.05) is 6.92 Å². The van der Waals surface area contributed by atoms with Crippen molar-refractivity contribution in [3.8, 4) is 0 Å². The molecule has 0 fully saturated rings. The zero-order chi connectivity index (χ0) is 15.3. The molecule has 1 atom stereocenters. The van der Waals surface area contributed by atoms with Gasteiger partial charge in [0.2, 0.25) is 0 Å². The van der Waals surface area contributed by atoms with E-state index in [0.717, 1.165) is 6.42 Å². The third kappa shape index (κ3) is 4.01. The highest BCUT2D eigenvalue weighted by atomic mass is 16.4. The Bertz CT molecular complexity index is 482. The molecule has 1 unspecified atom stereocenters. The summed E-state index contributed by atoms with van der Waals surface area (Å²) in [6.07, 6.45) is 0.993. The second-order valence-corrected chi connectivity index (χ2v) is 5.03. The molecule has 0 radical (unpaired) electrons. The number of aromatic carboxylic acids is 1. The quantitative estimate of drug-likeness (QED) is 0.749. The minimum absolute atomic E-state index is 0.00967. The minimum Gasteiger partial charge on any atom is -0.477 e. The number of urea groups is 1. The number of carboxylic acid groups (broad SMARTS) is 1. The number of nitrogens with zero attached hydrogens (tertiary/aromatic N) is 1. The van der Waals surface area contributed by atoms with Gasteiger partial charge in [-0.1, -0.05) is 20.3 Å². The summed E-state index contributed by atoms with van der Waals surface area (Å²) in [5.74, 6) is -0.675. The Morgan fingerprint density at radius 1 is 1.45 bits per heavy atom. The van der Waals surface area contributed by atoms with Crippen molar-refractivity contribution >= 4 is 17.7 Å². The number of H-pyrrole nitrogens is 1. The monoisotopic (exact) mass is 281 g/mol. The van der Waals surface area contributed by atoms with E-state index < -0.39 is 5.97 Å². The van der Waals surface area contributed by atoms with Crippen LogP contribution in [-0.4, -0.2) is 40.1 Å². The van der Waals surface area contributed by atoms with Crippen molar-refractivity contribution in [3.63, 3.8) is 0 Å². The molecule has 20 heavy (non-hydrogen) atoms. The molecule has 1 heterocycles. The number of anilines is 1. The van der Waals surface area contributed by atoms with Crippen LogP contribution >= 0.6 is 0 Å². The van der Waals surface area contributed by atoms with Gasteiger partial charge in [-0.15, -0.1) is 0 Å². The Balaban J connectivity index is 2.81. The first-order valence-corrected chi connectivity index (χ1v) is 6.87. The number of hydrogen-bond donors (Lipinski definition) is 3. The minimum atomic E-state index is -1.08. The molecule has 0 aromatic carbocycles. The van der Waals surface area contributed by atoms with E-state index in [4.69, 9.17) is 5.11 Å². The molecule has 0 saturated heterocycles. The van der Waals surface area contributed by atoms with E-state index in [0.29, 0.717) is 30.4 Å². The Morgan fingerprint density at radius 3 is 2.60 bits per heavy atom. The summed E-state index contributed by atoms with van der Waals surface area (Å²) in [5.41, 5.74) is 1.01. The second-order valence-electron chi connectivity index (χ2n) is 5.03.